The second-order valence-electron chi connectivity index (χ2n) is 6.79. The number of rotatable bonds is 6. The summed E-state index contributed by atoms with van der Waals surface area (Å²) in [4.78, 5) is 37.0. The number of nitrogens with zero attached hydrogens (tertiary/aromatic N) is 1. The molecule has 28 heavy (non-hydrogen) atoms. The van der Waals surface area contributed by atoms with Crippen molar-refractivity contribution in [3.63, 3.8) is 0 Å². The van der Waals surface area contributed by atoms with Gasteiger partial charge >= 0.3 is 11.9 Å². The Balaban J connectivity index is 2.21. The molecule has 2 aliphatic rings. The van der Waals surface area contributed by atoms with Gasteiger partial charge in [0.1, 0.15) is 6.61 Å². The number of ether oxygens (including phenoxy) is 4. The van der Waals surface area contributed by atoms with E-state index in [9.17, 15) is 19.5 Å². The highest BCUT2D eigenvalue weighted by Crippen LogP contribution is 2.41. The highest BCUT2D eigenvalue weighted by molar-refractivity contribution is 5.81. The van der Waals surface area contributed by atoms with Crippen LogP contribution in [0.4, 0.5) is 0 Å². The Hall–Kier alpha value is -2.23. The number of aliphatic hydroxyl groups is 1. The van der Waals surface area contributed by atoms with Crippen LogP contribution in [0.1, 0.15) is 50.4 Å². The van der Waals surface area contributed by atoms with Crippen molar-refractivity contribution in [1.82, 2.24) is 4.57 Å². The summed E-state index contributed by atoms with van der Waals surface area (Å²) in [7, 11) is 0. The van der Waals surface area contributed by atoms with Crippen molar-refractivity contribution in [2.75, 3.05) is 19.8 Å². The van der Waals surface area contributed by atoms with Gasteiger partial charge in [-0.15, -0.1) is 0 Å². The zero-order chi connectivity index (χ0) is 20.5. The van der Waals surface area contributed by atoms with E-state index in [2.05, 4.69) is 0 Å². The topological polar surface area (TPSA) is 113 Å². The third-order valence-corrected chi connectivity index (χ3v) is 5.20. The van der Waals surface area contributed by atoms with E-state index in [1.807, 2.05) is 0 Å². The first-order chi connectivity index (χ1) is 13.3. The number of aromatic nitrogens is 1. The van der Waals surface area contributed by atoms with Crippen LogP contribution in [0.15, 0.2) is 10.9 Å². The molecule has 1 saturated heterocycles. The summed E-state index contributed by atoms with van der Waals surface area (Å²) >= 11 is 0. The SMILES string of the molecule is CCOC(=O)[C@@](O)(CC)c1cc2n(c(=O)c1COC(C)=O)CCC21OCCO1. The Morgan fingerprint density at radius 2 is 1.96 bits per heavy atom. The monoisotopic (exact) mass is 395 g/mol. The van der Waals surface area contributed by atoms with Gasteiger partial charge in [0.15, 0.2) is 5.60 Å². The maximum atomic E-state index is 13.2. The molecule has 1 spiro atoms. The molecule has 1 fully saturated rings. The van der Waals surface area contributed by atoms with Gasteiger partial charge in [0.25, 0.3) is 5.56 Å². The van der Waals surface area contributed by atoms with Gasteiger partial charge in [-0.1, -0.05) is 6.92 Å². The number of fused-ring (bicyclic) bond motifs is 2. The summed E-state index contributed by atoms with van der Waals surface area (Å²) in [6.07, 6.45) is 0.402. The lowest BCUT2D eigenvalue weighted by molar-refractivity contribution is -0.168. The standard InChI is InChI=1S/C19H25NO8/c1-4-18(24,17(23)25-5-2)14-10-15-19(27-8-9-28-19)6-7-20(15)16(22)13(14)11-26-12(3)21/h10,24H,4-9,11H2,1-3H3/t18-/m1/s1. The summed E-state index contributed by atoms with van der Waals surface area (Å²) < 4.78 is 23.1. The number of esters is 2. The quantitative estimate of drug-likeness (QED) is 0.700. The van der Waals surface area contributed by atoms with Gasteiger partial charge in [-0.2, -0.15) is 0 Å². The number of hydrogen-bond acceptors (Lipinski definition) is 8. The second-order valence-corrected chi connectivity index (χ2v) is 6.79. The normalized spacial score (nSPS) is 19.3. The summed E-state index contributed by atoms with van der Waals surface area (Å²) in [5.74, 6) is -2.52. The molecule has 9 heteroatoms. The molecule has 0 saturated carbocycles. The van der Waals surface area contributed by atoms with E-state index in [1.54, 1.807) is 19.9 Å². The van der Waals surface area contributed by atoms with Crippen LogP contribution < -0.4 is 5.56 Å². The van der Waals surface area contributed by atoms with Crippen molar-refractivity contribution in [1.29, 1.82) is 0 Å². The van der Waals surface area contributed by atoms with E-state index in [1.165, 1.54) is 11.5 Å². The van der Waals surface area contributed by atoms with E-state index in [0.717, 1.165) is 0 Å². The third-order valence-electron chi connectivity index (χ3n) is 5.20. The van der Waals surface area contributed by atoms with Crippen molar-refractivity contribution >= 4 is 11.9 Å². The Bertz CT molecular complexity index is 839. The Morgan fingerprint density at radius 1 is 1.29 bits per heavy atom. The van der Waals surface area contributed by atoms with E-state index in [-0.39, 0.29) is 30.8 Å². The van der Waals surface area contributed by atoms with Crippen molar-refractivity contribution in [3.8, 4) is 0 Å². The second kappa shape index (κ2) is 7.65. The Kier molecular flexibility index (Phi) is 5.60. The molecular weight excluding hydrogens is 370 g/mol. The number of hydrogen-bond donors (Lipinski definition) is 1. The molecule has 3 rings (SSSR count). The molecule has 1 aromatic heterocycles. The van der Waals surface area contributed by atoms with Gasteiger partial charge in [-0.05, 0) is 19.4 Å². The molecule has 0 bridgehead atoms. The predicted molar refractivity (Wildman–Crippen MR) is 95.2 cm³/mol. The zero-order valence-electron chi connectivity index (χ0n) is 16.3. The molecule has 2 aliphatic heterocycles. The third kappa shape index (κ3) is 3.23. The van der Waals surface area contributed by atoms with E-state index < -0.39 is 28.9 Å². The zero-order valence-corrected chi connectivity index (χ0v) is 16.3. The molecule has 0 radical (unpaired) electrons. The van der Waals surface area contributed by atoms with Crippen molar-refractivity contribution in [2.45, 2.75) is 58.2 Å². The molecule has 0 aliphatic carbocycles. The minimum absolute atomic E-state index is 0.0312. The van der Waals surface area contributed by atoms with E-state index >= 15 is 0 Å². The smallest absolute Gasteiger partial charge is 0.342 e. The fourth-order valence-electron chi connectivity index (χ4n) is 3.74. The lowest BCUT2D eigenvalue weighted by Gasteiger charge is -2.29. The van der Waals surface area contributed by atoms with Gasteiger partial charge in [0, 0.05) is 25.5 Å². The average Bonchev–Trinajstić information content (AvgIpc) is 3.28. The summed E-state index contributed by atoms with van der Waals surface area (Å²) in [5.41, 5.74) is -2.01. The van der Waals surface area contributed by atoms with Crippen LogP contribution in [0.25, 0.3) is 0 Å². The molecule has 9 nitrogen and oxygen atoms in total. The first kappa shape index (κ1) is 20.5. The maximum absolute atomic E-state index is 13.2. The fourth-order valence-corrected chi connectivity index (χ4v) is 3.74. The molecule has 0 aromatic carbocycles. The van der Waals surface area contributed by atoms with E-state index in [4.69, 9.17) is 18.9 Å². The van der Waals surface area contributed by atoms with Crippen LogP contribution in [0.2, 0.25) is 0 Å². The van der Waals surface area contributed by atoms with Gasteiger partial charge in [-0.25, -0.2) is 4.79 Å². The number of carbonyl (C=O) groups is 2. The Morgan fingerprint density at radius 3 is 2.54 bits per heavy atom. The van der Waals surface area contributed by atoms with E-state index in [0.29, 0.717) is 31.9 Å². The van der Waals surface area contributed by atoms with Crippen LogP contribution in [0.5, 0.6) is 0 Å². The summed E-state index contributed by atoms with van der Waals surface area (Å²) in [6, 6.07) is 1.54. The molecule has 1 aromatic rings. The predicted octanol–water partition coefficient (Wildman–Crippen LogP) is 0.675. The first-order valence-electron chi connectivity index (χ1n) is 9.37. The Labute approximate surface area is 162 Å². The van der Waals surface area contributed by atoms with Crippen LogP contribution in [-0.4, -0.2) is 41.4 Å². The summed E-state index contributed by atoms with van der Waals surface area (Å²) in [5, 5.41) is 11.2. The number of carbonyl (C=O) groups excluding carboxylic acids is 2. The van der Waals surface area contributed by atoms with Gasteiger partial charge in [0.2, 0.25) is 5.79 Å². The van der Waals surface area contributed by atoms with Crippen LogP contribution in [0.3, 0.4) is 0 Å². The summed E-state index contributed by atoms with van der Waals surface area (Å²) in [6.45, 7) is 5.28. The average molecular weight is 395 g/mol. The molecule has 3 heterocycles. The molecular formula is C19H25NO8. The number of pyridine rings is 1. The van der Waals surface area contributed by atoms with Crippen LogP contribution in [-0.2, 0) is 53.1 Å². The minimum Gasteiger partial charge on any atom is -0.464 e. The molecule has 0 amide bonds. The van der Waals surface area contributed by atoms with Crippen LogP contribution >= 0.6 is 0 Å². The van der Waals surface area contributed by atoms with Crippen molar-refractivity contribution < 1.29 is 33.6 Å². The fraction of sp³-hybridized carbons (Fsp3) is 0.632. The van der Waals surface area contributed by atoms with Gasteiger partial charge in [-0.3, -0.25) is 9.59 Å². The van der Waals surface area contributed by atoms with Crippen molar-refractivity contribution in [3.05, 3.63) is 33.2 Å². The first-order valence-corrected chi connectivity index (χ1v) is 9.37. The molecule has 1 atom stereocenters. The highest BCUT2D eigenvalue weighted by Gasteiger charge is 2.48. The van der Waals surface area contributed by atoms with Crippen LogP contribution in [0, 0.1) is 0 Å². The van der Waals surface area contributed by atoms with Gasteiger partial charge in [0.05, 0.1) is 31.1 Å². The molecule has 1 N–H and O–H groups in total. The molecule has 154 valence electrons. The van der Waals surface area contributed by atoms with Gasteiger partial charge < -0.3 is 28.6 Å². The molecule has 0 unspecified atom stereocenters. The lowest BCUT2D eigenvalue weighted by Crippen LogP contribution is -2.41. The van der Waals surface area contributed by atoms with Crippen molar-refractivity contribution in [2.24, 2.45) is 0 Å². The minimum atomic E-state index is -2.07. The maximum Gasteiger partial charge on any atom is 0.342 e. The largest absolute Gasteiger partial charge is 0.464 e. The highest BCUT2D eigenvalue weighted by atomic mass is 16.7. The lowest BCUT2D eigenvalue weighted by atomic mass is 9.87.